The van der Waals surface area contributed by atoms with Crippen LogP contribution in [0.1, 0.15) is 18.2 Å². The highest BCUT2D eigenvalue weighted by Crippen LogP contribution is 2.45. The molecule has 8 rings (SSSR count). The first-order chi connectivity index (χ1) is 21.7. The molecule has 0 radical (unpaired) electrons. The fraction of sp³-hybridized carbons (Fsp3) is 0.0233. The van der Waals surface area contributed by atoms with Gasteiger partial charge in [-0.2, -0.15) is 0 Å². The maximum absolute atomic E-state index is 6.09. The molecule has 0 saturated carbocycles. The predicted octanol–water partition coefficient (Wildman–Crippen LogP) is 12.6. The molecule has 0 unspecified atom stereocenters. The Kier molecular flexibility index (Phi) is 6.24. The molecule has 0 N–H and O–H groups in total. The summed E-state index contributed by atoms with van der Waals surface area (Å²) in [7, 11) is 0. The molecule has 0 aliphatic heterocycles. The van der Waals surface area contributed by atoms with Crippen LogP contribution in [0.3, 0.4) is 0 Å². The van der Waals surface area contributed by atoms with Crippen LogP contribution < -0.4 is 0 Å². The highest BCUT2D eigenvalue weighted by molar-refractivity contribution is 6.23. The van der Waals surface area contributed by atoms with Gasteiger partial charge in [0.05, 0.1) is 0 Å². The van der Waals surface area contributed by atoms with Crippen LogP contribution in [0.2, 0.25) is 0 Å². The van der Waals surface area contributed by atoms with E-state index < -0.39 is 0 Å². The molecule has 0 bridgehead atoms. The van der Waals surface area contributed by atoms with Crippen LogP contribution in [0.4, 0.5) is 0 Å². The molecular formula is C43H30O. The van der Waals surface area contributed by atoms with Gasteiger partial charge in [0.2, 0.25) is 0 Å². The standard InChI is InChI=1S/C43H30O/c1-3-12-40-32(4-2)39-27-31(25-26-41(39)44-40)28-21-23-30(24-22-28)42-35-16-7-9-18-37(35)43(38-19-10-8-17-36(38)42)34-20-11-14-29-13-5-6-15-33(29)34/h3-27H,2H2,1H3/b12-3-. The van der Waals surface area contributed by atoms with Crippen LogP contribution in [0.5, 0.6) is 0 Å². The van der Waals surface area contributed by atoms with E-state index in [1.54, 1.807) is 0 Å². The number of furan rings is 1. The van der Waals surface area contributed by atoms with E-state index >= 15 is 0 Å². The number of hydrogen-bond donors (Lipinski definition) is 0. The summed E-state index contributed by atoms with van der Waals surface area (Å²) in [5.41, 5.74) is 9.25. The summed E-state index contributed by atoms with van der Waals surface area (Å²) in [6, 6.07) is 48.4. The Labute approximate surface area is 257 Å². The molecule has 1 aromatic heterocycles. The lowest BCUT2D eigenvalue weighted by molar-refractivity contribution is 0.603. The van der Waals surface area contributed by atoms with E-state index in [9.17, 15) is 0 Å². The second kappa shape index (κ2) is 10.6. The van der Waals surface area contributed by atoms with Gasteiger partial charge in [0.1, 0.15) is 11.3 Å². The minimum atomic E-state index is 0.843. The number of benzene rings is 7. The van der Waals surface area contributed by atoms with Gasteiger partial charge in [-0.1, -0.05) is 140 Å². The zero-order valence-electron chi connectivity index (χ0n) is 24.5. The van der Waals surface area contributed by atoms with Gasteiger partial charge in [-0.05, 0) is 90.8 Å². The van der Waals surface area contributed by atoms with Gasteiger partial charge >= 0.3 is 0 Å². The molecular weight excluding hydrogens is 532 g/mol. The molecule has 44 heavy (non-hydrogen) atoms. The lowest BCUT2D eigenvalue weighted by Gasteiger charge is -2.19. The quantitative estimate of drug-likeness (QED) is 0.190. The fourth-order valence-corrected chi connectivity index (χ4v) is 6.80. The smallest absolute Gasteiger partial charge is 0.135 e. The molecule has 1 nitrogen and oxygen atoms in total. The van der Waals surface area contributed by atoms with E-state index in [-0.39, 0.29) is 0 Å². The van der Waals surface area contributed by atoms with Crippen LogP contribution in [-0.2, 0) is 0 Å². The van der Waals surface area contributed by atoms with E-state index in [0.29, 0.717) is 0 Å². The highest BCUT2D eigenvalue weighted by atomic mass is 16.3. The predicted molar refractivity (Wildman–Crippen MR) is 190 cm³/mol. The Morgan fingerprint density at radius 1 is 0.523 bits per heavy atom. The van der Waals surface area contributed by atoms with Crippen molar-refractivity contribution in [3.05, 3.63) is 157 Å². The fourth-order valence-electron chi connectivity index (χ4n) is 6.80. The second-order valence-electron chi connectivity index (χ2n) is 11.2. The first-order valence-electron chi connectivity index (χ1n) is 15.1. The third kappa shape index (κ3) is 4.09. The first-order valence-corrected chi connectivity index (χ1v) is 15.1. The van der Waals surface area contributed by atoms with Crippen molar-refractivity contribution < 1.29 is 4.42 Å². The minimum absolute atomic E-state index is 0.843. The summed E-state index contributed by atoms with van der Waals surface area (Å²) in [4.78, 5) is 0. The van der Waals surface area contributed by atoms with E-state index in [1.165, 1.54) is 60.1 Å². The van der Waals surface area contributed by atoms with Gasteiger partial charge in [-0.25, -0.2) is 0 Å². The van der Waals surface area contributed by atoms with Crippen molar-refractivity contribution in [3.63, 3.8) is 0 Å². The third-order valence-electron chi connectivity index (χ3n) is 8.77. The Hall–Kier alpha value is -5.66. The van der Waals surface area contributed by atoms with Gasteiger partial charge in [-0.15, -0.1) is 0 Å². The molecule has 0 saturated heterocycles. The number of allylic oxidation sites excluding steroid dienone is 1. The van der Waals surface area contributed by atoms with Crippen molar-refractivity contribution in [2.24, 2.45) is 0 Å². The Morgan fingerprint density at radius 3 is 1.75 bits per heavy atom. The topological polar surface area (TPSA) is 13.1 Å². The van der Waals surface area contributed by atoms with Gasteiger partial charge in [0.25, 0.3) is 0 Å². The normalized spacial score (nSPS) is 11.8. The Bertz CT molecular complexity index is 2340. The van der Waals surface area contributed by atoms with Crippen molar-refractivity contribution in [1.29, 1.82) is 0 Å². The third-order valence-corrected chi connectivity index (χ3v) is 8.77. The summed E-state index contributed by atoms with van der Waals surface area (Å²) in [5.74, 6) is 0.843. The Morgan fingerprint density at radius 2 is 1.09 bits per heavy atom. The SMILES string of the molecule is C=Cc1c(/C=C\C)oc2ccc(-c3ccc(-c4c5ccccc5c(-c5cccc6ccccc56)c5ccccc45)cc3)cc12. The summed E-state index contributed by atoms with van der Waals surface area (Å²) in [5, 5.41) is 8.65. The van der Waals surface area contributed by atoms with Crippen molar-refractivity contribution in [2.75, 3.05) is 0 Å². The first kappa shape index (κ1) is 26.0. The zero-order chi connectivity index (χ0) is 29.6. The molecule has 1 heterocycles. The molecule has 0 aliphatic rings. The Balaban J connectivity index is 1.32. The lowest BCUT2D eigenvalue weighted by Crippen LogP contribution is -1.91. The molecule has 0 aliphatic carbocycles. The van der Waals surface area contributed by atoms with Gasteiger partial charge in [0, 0.05) is 10.9 Å². The molecule has 8 aromatic rings. The summed E-state index contributed by atoms with van der Waals surface area (Å²) < 4.78 is 6.09. The molecule has 208 valence electrons. The van der Waals surface area contributed by atoms with Crippen molar-refractivity contribution >= 4 is 55.4 Å². The van der Waals surface area contributed by atoms with Crippen LogP contribution in [0.15, 0.2) is 151 Å². The molecule has 0 atom stereocenters. The minimum Gasteiger partial charge on any atom is -0.456 e. The lowest BCUT2D eigenvalue weighted by atomic mass is 9.84. The molecule has 1 heteroatoms. The van der Waals surface area contributed by atoms with Crippen molar-refractivity contribution in [2.45, 2.75) is 6.92 Å². The van der Waals surface area contributed by atoms with Gasteiger partial charge in [-0.3, -0.25) is 0 Å². The average Bonchev–Trinajstić information content (AvgIpc) is 3.43. The van der Waals surface area contributed by atoms with Crippen molar-refractivity contribution in [1.82, 2.24) is 0 Å². The van der Waals surface area contributed by atoms with Crippen LogP contribution in [0, 0.1) is 0 Å². The van der Waals surface area contributed by atoms with Gasteiger partial charge < -0.3 is 4.42 Å². The van der Waals surface area contributed by atoms with Crippen molar-refractivity contribution in [3.8, 4) is 33.4 Å². The van der Waals surface area contributed by atoms with Crippen LogP contribution in [-0.4, -0.2) is 0 Å². The number of fused-ring (bicyclic) bond motifs is 4. The molecule has 0 amide bonds. The van der Waals surface area contributed by atoms with Crippen LogP contribution >= 0.6 is 0 Å². The van der Waals surface area contributed by atoms with Gasteiger partial charge in [0.15, 0.2) is 0 Å². The summed E-state index contributed by atoms with van der Waals surface area (Å²) >= 11 is 0. The van der Waals surface area contributed by atoms with Crippen LogP contribution in [0.25, 0.3) is 88.8 Å². The largest absolute Gasteiger partial charge is 0.456 e. The maximum atomic E-state index is 6.09. The van der Waals surface area contributed by atoms with E-state index in [1.807, 2.05) is 25.2 Å². The number of rotatable bonds is 5. The summed E-state index contributed by atoms with van der Waals surface area (Å²) in [6.45, 7) is 6.04. The molecule has 0 fully saturated rings. The van der Waals surface area contributed by atoms with E-state index in [0.717, 1.165) is 27.9 Å². The van der Waals surface area contributed by atoms with E-state index in [2.05, 4.69) is 140 Å². The highest BCUT2D eigenvalue weighted by Gasteiger charge is 2.18. The maximum Gasteiger partial charge on any atom is 0.135 e. The summed E-state index contributed by atoms with van der Waals surface area (Å²) in [6.07, 6.45) is 5.87. The zero-order valence-corrected chi connectivity index (χ0v) is 24.5. The van der Waals surface area contributed by atoms with E-state index in [4.69, 9.17) is 4.42 Å². The second-order valence-corrected chi connectivity index (χ2v) is 11.2. The number of hydrogen-bond acceptors (Lipinski definition) is 1. The molecule has 7 aromatic carbocycles. The average molecular weight is 563 g/mol. The molecule has 0 spiro atoms. The monoisotopic (exact) mass is 562 g/mol.